The predicted molar refractivity (Wildman–Crippen MR) is 70.1 cm³/mol. The van der Waals surface area contributed by atoms with Gasteiger partial charge in [0.2, 0.25) is 0 Å². The Morgan fingerprint density at radius 1 is 1.32 bits per heavy atom. The zero-order chi connectivity index (χ0) is 13.7. The van der Waals surface area contributed by atoms with Crippen molar-refractivity contribution in [1.82, 2.24) is 9.97 Å². The van der Waals surface area contributed by atoms with E-state index < -0.39 is 0 Å². The van der Waals surface area contributed by atoms with Gasteiger partial charge < -0.3 is 5.32 Å². The van der Waals surface area contributed by atoms with Crippen molar-refractivity contribution in [1.29, 1.82) is 5.26 Å². The Labute approximate surface area is 110 Å². The highest BCUT2D eigenvalue weighted by molar-refractivity contribution is 5.34. The third-order valence-corrected chi connectivity index (χ3v) is 2.77. The van der Waals surface area contributed by atoms with Crippen molar-refractivity contribution in [2.45, 2.75) is 13.3 Å². The molecule has 1 heterocycles. The number of rotatable bonds is 4. The van der Waals surface area contributed by atoms with Crippen molar-refractivity contribution in [3.63, 3.8) is 0 Å². The van der Waals surface area contributed by atoms with E-state index in [2.05, 4.69) is 15.3 Å². The van der Waals surface area contributed by atoms with E-state index in [1.807, 2.05) is 13.0 Å². The van der Waals surface area contributed by atoms with E-state index in [0.29, 0.717) is 18.1 Å². The molecule has 4 nitrogen and oxygen atoms in total. The summed E-state index contributed by atoms with van der Waals surface area (Å²) in [5.74, 6) is 0.408. The third kappa shape index (κ3) is 3.49. The van der Waals surface area contributed by atoms with Gasteiger partial charge in [0.15, 0.2) is 5.69 Å². The van der Waals surface area contributed by atoms with Gasteiger partial charge in [0, 0.05) is 6.54 Å². The van der Waals surface area contributed by atoms with Gasteiger partial charge >= 0.3 is 0 Å². The first-order valence-electron chi connectivity index (χ1n) is 5.90. The van der Waals surface area contributed by atoms with E-state index in [9.17, 15) is 4.39 Å². The lowest BCUT2D eigenvalue weighted by molar-refractivity contribution is 0.625. The summed E-state index contributed by atoms with van der Waals surface area (Å²) in [6, 6.07) is 6.69. The SMILES string of the molecule is Cc1cc(F)ccc1CCNc1cnc(C#N)cn1. The molecule has 2 aromatic rings. The molecule has 5 heteroatoms. The molecule has 0 saturated carbocycles. The van der Waals surface area contributed by atoms with Crippen LogP contribution in [0.2, 0.25) is 0 Å². The van der Waals surface area contributed by atoms with Crippen LogP contribution in [0.5, 0.6) is 0 Å². The van der Waals surface area contributed by atoms with Crippen LogP contribution in [-0.4, -0.2) is 16.5 Å². The molecule has 0 unspecified atom stereocenters. The van der Waals surface area contributed by atoms with Crippen molar-refractivity contribution in [2.24, 2.45) is 0 Å². The molecule has 2 rings (SSSR count). The number of hydrogen-bond donors (Lipinski definition) is 1. The van der Waals surface area contributed by atoms with Gasteiger partial charge in [-0.3, -0.25) is 0 Å². The monoisotopic (exact) mass is 256 g/mol. The largest absolute Gasteiger partial charge is 0.368 e. The van der Waals surface area contributed by atoms with Crippen LogP contribution in [0.3, 0.4) is 0 Å². The maximum Gasteiger partial charge on any atom is 0.158 e. The van der Waals surface area contributed by atoms with Gasteiger partial charge in [-0.1, -0.05) is 6.07 Å². The molecular weight excluding hydrogens is 243 g/mol. The minimum atomic E-state index is -0.216. The van der Waals surface area contributed by atoms with Gasteiger partial charge in [-0.15, -0.1) is 0 Å². The minimum absolute atomic E-state index is 0.216. The maximum atomic E-state index is 12.9. The van der Waals surface area contributed by atoms with Crippen molar-refractivity contribution in [2.75, 3.05) is 11.9 Å². The molecule has 96 valence electrons. The third-order valence-electron chi connectivity index (χ3n) is 2.77. The van der Waals surface area contributed by atoms with E-state index in [-0.39, 0.29) is 5.82 Å². The first kappa shape index (κ1) is 13.0. The summed E-state index contributed by atoms with van der Waals surface area (Å²) in [5.41, 5.74) is 2.32. The summed E-state index contributed by atoms with van der Waals surface area (Å²) in [5, 5.41) is 11.7. The molecule has 0 atom stereocenters. The molecule has 0 amide bonds. The lowest BCUT2D eigenvalue weighted by atomic mass is 10.1. The van der Waals surface area contributed by atoms with E-state index in [0.717, 1.165) is 17.5 Å². The highest BCUT2D eigenvalue weighted by Crippen LogP contribution is 2.11. The van der Waals surface area contributed by atoms with Crippen molar-refractivity contribution in [3.05, 3.63) is 53.2 Å². The molecule has 0 aliphatic heterocycles. The normalized spacial score (nSPS) is 9.95. The lowest BCUT2D eigenvalue weighted by Crippen LogP contribution is -2.07. The topological polar surface area (TPSA) is 61.6 Å². The van der Waals surface area contributed by atoms with Gasteiger partial charge in [-0.05, 0) is 36.6 Å². The molecule has 0 bridgehead atoms. The molecular formula is C14H13FN4. The summed E-state index contributed by atoms with van der Waals surface area (Å²) in [6.45, 7) is 2.56. The highest BCUT2D eigenvalue weighted by atomic mass is 19.1. The van der Waals surface area contributed by atoms with Gasteiger partial charge in [-0.25, -0.2) is 14.4 Å². The van der Waals surface area contributed by atoms with Crippen LogP contribution in [0, 0.1) is 24.1 Å². The fraction of sp³-hybridized carbons (Fsp3) is 0.214. The first-order valence-corrected chi connectivity index (χ1v) is 5.90. The highest BCUT2D eigenvalue weighted by Gasteiger charge is 2.01. The molecule has 0 aliphatic rings. The van der Waals surface area contributed by atoms with E-state index in [1.165, 1.54) is 24.5 Å². The minimum Gasteiger partial charge on any atom is -0.368 e. The number of aromatic nitrogens is 2. The number of anilines is 1. The molecule has 0 fully saturated rings. The average Bonchev–Trinajstić information content (AvgIpc) is 2.42. The molecule has 1 aromatic carbocycles. The van der Waals surface area contributed by atoms with Crippen LogP contribution in [0.4, 0.5) is 10.2 Å². The molecule has 0 saturated heterocycles. The van der Waals surface area contributed by atoms with Crippen molar-refractivity contribution >= 4 is 5.82 Å². The van der Waals surface area contributed by atoms with Crippen LogP contribution in [0.1, 0.15) is 16.8 Å². The summed E-state index contributed by atoms with van der Waals surface area (Å²) in [7, 11) is 0. The Morgan fingerprint density at radius 2 is 2.16 bits per heavy atom. The first-order chi connectivity index (χ1) is 9.19. The molecule has 1 aromatic heterocycles. The molecule has 0 spiro atoms. The number of aryl methyl sites for hydroxylation is 1. The van der Waals surface area contributed by atoms with Crippen LogP contribution in [0.25, 0.3) is 0 Å². The zero-order valence-electron chi connectivity index (χ0n) is 10.5. The Bertz CT molecular complexity index is 602. The second-order valence-electron chi connectivity index (χ2n) is 4.15. The average molecular weight is 256 g/mol. The van der Waals surface area contributed by atoms with Crippen molar-refractivity contribution in [3.8, 4) is 6.07 Å². The molecule has 0 radical (unpaired) electrons. The quantitative estimate of drug-likeness (QED) is 0.912. The second-order valence-corrected chi connectivity index (χ2v) is 4.15. The van der Waals surface area contributed by atoms with Gasteiger partial charge in [0.05, 0.1) is 12.4 Å². The van der Waals surface area contributed by atoms with Crippen LogP contribution >= 0.6 is 0 Å². The molecule has 19 heavy (non-hydrogen) atoms. The maximum absolute atomic E-state index is 12.9. The fourth-order valence-corrected chi connectivity index (χ4v) is 1.74. The Hall–Kier alpha value is -2.48. The van der Waals surface area contributed by atoms with Gasteiger partial charge in [0.1, 0.15) is 17.7 Å². The predicted octanol–water partition coefficient (Wildman–Crippen LogP) is 2.45. The smallest absolute Gasteiger partial charge is 0.158 e. The summed E-state index contributed by atoms with van der Waals surface area (Å²) >= 11 is 0. The zero-order valence-corrected chi connectivity index (χ0v) is 10.5. The van der Waals surface area contributed by atoms with E-state index >= 15 is 0 Å². The Kier molecular flexibility index (Phi) is 4.04. The number of benzene rings is 1. The number of hydrogen-bond acceptors (Lipinski definition) is 4. The van der Waals surface area contributed by atoms with E-state index in [1.54, 1.807) is 6.07 Å². The number of nitrogens with zero attached hydrogens (tertiary/aromatic N) is 3. The fourth-order valence-electron chi connectivity index (χ4n) is 1.74. The Balaban J connectivity index is 1.91. The molecule has 0 aliphatic carbocycles. The standard InChI is InChI=1S/C14H13FN4/c1-10-6-12(15)3-2-11(10)4-5-17-14-9-18-13(7-16)8-19-14/h2-3,6,8-9H,4-5H2,1H3,(H,17,19). The van der Waals surface area contributed by atoms with Crippen LogP contribution in [0.15, 0.2) is 30.6 Å². The number of halogens is 1. The number of nitriles is 1. The molecule has 1 N–H and O–H groups in total. The summed E-state index contributed by atoms with van der Waals surface area (Å²) < 4.78 is 12.9. The van der Waals surface area contributed by atoms with Crippen molar-refractivity contribution < 1.29 is 4.39 Å². The van der Waals surface area contributed by atoms with Crippen LogP contribution in [-0.2, 0) is 6.42 Å². The summed E-state index contributed by atoms with van der Waals surface area (Å²) in [4.78, 5) is 7.98. The number of nitrogens with one attached hydrogen (secondary N) is 1. The lowest BCUT2D eigenvalue weighted by Gasteiger charge is -2.07. The van der Waals surface area contributed by atoms with E-state index in [4.69, 9.17) is 5.26 Å². The summed E-state index contributed by atoms with van der Waals surface area (Å²) in [6.07, 6.45) is 3.72. The van der Waals surface area contributed by atoms with Gasteiger partial charge in [-0.2, -0.15) is 5.26 Å². The van der Waals surface area contributed by atoms with Gasteiger partial charge in [0.25, 0.3) is 0 Å². The second kappa shape index (κ2) is 5.91. The Morgan fingerprint density at radius 3 is 2.79 bits per heavy atom. The van der Waals surface area contributed by atoms with Crippen LogP contribution < -0.4 is 5.32 Å².